The quantitative estimate of drug-likeness (QED) is 0.774. The number of methoxy groups -OCH3 is 1. The van der Waals surface area contributed by atoms with Crippen LogP contribution in [0.4, 0.5) is 0 Å². The second kappa shape index (κ2) is 6.67. The van der Waals surface area contributed by atoms with Gasteiger partial charge in [-0.3, -0.25) is 9.69 Å². The molecule has 1 N–H and O–H groups in total. The molecule has 0 radical (unpaired) electrons. The fraction of sp³-hybridized carbons (Fsp3) is 0.357. The van der Waals surface area contributed by atoms with Gasteiger partial charge in [0.25, 0.3) is 0 Å². The van der Waals surface area contributed by atoms with E-state index in [1.165, 1.54) is 0 Å². The monoisotopic (exact) mass is 247 g/mol. The molecule has 4 heteroatoms. The lowest BCUT2D eigenvalue weighted by molar-refractivity contribution is -0.138. The number of carboxylic acid groups (broad SMARTS) is 1. The van der Waals surface area contributed by atoms with Crippen molar-refractivity contribution in [1.82, 2.24) is 4.90 Å². The minimum Gasteiger partial charge on any atom is -0.496 e. The molecule has 1 rings (SSSR count). The van der Waals surface area contributed by atoms with Gasteiger partial charge in [0, 0.05) is 12.1 Å². The first-order valence-corrected chi connectivity index (χ1v) is 5.58. The second-order valence-electron chi connectivity index (χ2n) is 4.06. The predicted octanol–water partition coefficient (Wildman–Crippen LogP) is 1.52. The number of aliphatic carboxylic acids is 1. The zero-order valence-electron chi connectivity index (χ0n) is 10.6. The van der Waals surface area contributed by atoms with Gasteiger partial charge in [-0.15, -0.1) is 6.42 Å². The summed E-state index contributed by atoms with van der Waals surface area (Å²) in [6, 6.07) is 5.80. The van der Waals surface area contributed by atoms with Crippen LogP contribution in [0, 0.1) is 19.3 Å². The Bertz CT molecular complexity index is 463. The summed E-state index contributed by atoms with van der Waals surface area (Å²) in [6.07, 6.45) is 5.24. The molecule has 0 fully saturated rings. The van der Waals surface area contributed by atoms with Crippen LogP contribution in [-0.4, -0.2) is 36.2 Å². The summed E-state index contributed by atoms with van der Waals surface area (Å²) in [7, 11) is 1.59. The highest BCUT2D eigenvalue weighted by atomic mass is 16.5. The zero-order valence-corrected chi connectivity index (χ0v) is 10.6. The van der Waals surface area contributed by atoms with E-state index < -0.39 is 5.97 Å². The standard InChI is InChI=1S/C14H17NO3/c1-4-7-15(10-14(16)17)9-12-8-11(2)5-6-13(12)18-3/h1,5-6,8H,7,9-10H2,2-3H3,(H,16,17). The third-order valence-electron chi connectivity index (χ3n) is 2.50. The van der Waals surface area contributed by atoms with E-state index >= 15 is 0 Å². The predicted molar refractivity (Wildman–Crippen MR) is 69.5 cm³/mol. The van der Waals surface area contributed by atoms with Gasteiger partial charge < -0.3 is 9.84 Å². The van der Waals surface area contributed by atoms with E-state index in [1.807, 2.05) is 25.1 Å². The molecule has 0 saturated carbocycles. The smallest absolute Gasteiger partial charge is 0.317 e. The molecule has 0 saturated heterocycles. The Hall–Kier alpha value is -1.99. The van der Waals surface area contributed by atoms with Crippen LogP contribution in [0.15, 0.2) is 18.2 Å². The van der Waals surface area contributed by atoms with Crippen molar-refractivity contribution < 1.29 is 14.6 Å². The van der Waals surface area contributed by atoms with Crippen LogP contribution in [0.2, 0.25) is 0 Å². The van der Waals surface area contributed by atoms with Gasteiger partial charge in [0.15, 0.2) is 0 Å². The molecule has 0 aromatic heterocycles. The fourth-order valence-electron chi connectivity index (χ4n) is 1.76. The van der Waals surface area contributed by atoms with Crippen molar-refractivity contribution in [2.24, 2.45) is 0 Å². The van der Waals surface area contributed by atoms with E-state index in [-0.39, 0.29) is 6.54 Å². The highest BCUT2D eigenvalue weighted by Gasteiger charge is 2.12. The molecule has 0 aliphatic carbocycles. The third kappa shape index (κ3) is 4.11. The van der Waals surface area contributed by atoms with Crippen LogP contribution in [0.1, 0.15) is 11.1 Å². The van der Waals surface area contributed by atoms with Gasteiger partial charge in [0.2, 0.25) is 0 Å². The Morgan fingerprint density at radius 1 is 1.56 bits per heavy atom. The van der Waals surface area contributed by atoms with Crippen LogP contribution in [0.3, 0.4) is 0 Å². The Kier molecular flexibility index (Phi) is 5.22. The molecule has 96 valence electrons. The molecule has 0 bridgehead atoms. The van der Waals surface area contributed by atoms with Crippen molar-refractivity contribution in [2.45, 2.75) is 13.5 Å². The van der Waals surface area contributed by atoms with E-state index in [0.29, 0.717) is 13.1 Å². The Balaban J connectivity index is 2.88. The van der Waals surface area contributed by atoms with Crippen molar-refractivity contribution >= 4 is 5.97 Å². The molecule has 1 aromatic carbocycles. The van der Waals surface area contributed by atoms with Crippen LogP contribution >= 0.6 is 0 Å². The number of hydrogen-bond donors (Lipinski definition) is 1. The fourth-order valence-corrected chi connectivity index (χ4v) is 1.76. The third-order valence-corrected chi connectivity index (χ3v) is 2.50. The van der Waals surface area contributed by atoms with Gasteiger partial charge in [-0.05, 0) is 13.0 Å². The molecule has 0 heterocycles. The lowest BCUT2D eigenvalue weighted by atomic mass is 10.1. The first-order valence-electron chi connectivity index (χ1n) is 5.58. The van der Waals surface area contributed by atoms with Crippen molar-refractivity contribution in [3.05, 3.63) is 29.3 Å². The lowest BCUT2D eigenvalue weighted by Crippen LogP contribution is -2.29. The zero-order chi connectivity index (χ0) is 13.5. The van der Waals surface area contributed by atoms with Gasteiger partial charge >= 0.3 is 5.97 Å². The minimum atomic E-state index is -0.892. The normalized spacial score (nSPS) is 10.1. The van der Waals surface area contributed by atoms with Crippen molar-refractivity contribution in [3.63, 3.8) is 0 Å². The maximum atomic E-state index is 10.8. The van der Waals surface area contributed by atoms with Crippen LogP contribution in [0.5, 0.6) is 5.75 Å². The Morgan fingerprint density at radius 3 is 2.83 bits per heavy atom. The van der Waals surface area contributed by atoms with Gasteiger partial charge in [-0.25, -0.2) is 0 Å². The van der Waals surface area contributed by atoms with Crippen molar-refractivity contribution in [2.75, 3.05) is 20.2 Å². The van der Waals surface area contributed by atoms with E-state index in [4.69, 9.17) is 16.3 Å². The molecular formula is C14H17NO3. The summed E-state index contributed by atoms with van der Waals surface area (Å²) < 4.78 is 5.26. The SMILES string of the molecule is C#CCN(CC(=O)O)Cc1cc(C)ccc1OC. The number of nitrogens with zero attached hydrogens (tertiary/aromatic N) is 1. The average molecular weight is 247 g/mol. The molecule has 0 aliphatic heterocycles. The summed E-state index contributed by atoms with van der Waals surface area (Å²) in [4.78, 5) is 12.4. The summed E-state index contributed by atoms with van der Waals surface area (Å²) in [6.45, 7) is 2.65. The summed E-state index contributed by atoms with van der Waals surface area (Å²) in [5.41, 5.74) is 2.04. The van der Waals surface area contributed by atoms with E-state index in [9.17, 15) is 4.79 Å². The lowest BCUT2D eigenvalue weighted by Gasteiger charge is -2.19. The Morgan fingerprint density at radius 2 is 2.28 bits per heavy atom. The highest BCUT2D eigenvalue weighted by molar-refractivity contribution is 5.69. The minimum absolute atomic E-state index is 0.0820. The number of ether oxygens (including phenoxy) is 1. The number of terminal acetylenes is 1. The summed E-state index contributed by atoms with van der Waals surface area (Å²) in [5.74, 6) is 2.32. The molecule has 1 aromatic rings. The van der Waals surface area contributed by atoms with Crippen LogP contribution in [0.25, 0.3) is 0 Å². The number of rotatable bonds is 6. The van der Waals surface area contributed by atoms with Crippen LogP contribution < -0.4 is 4.74 Å². The largest absolute Gasteiger partial charge is 0.496 e. The summed E-state index contributed by atoms with van der Waals surface area (Å²) in [5, 5.41) is 8.83. The maximum Gasteiger partial charge on any atom is 0.317 e. The van der Waals surface area contributed by atoms with E-state index in [0.717, 1.165) is 16.9 Å². The number of aryl methyl sites for hydroxylation is 1. The van der Waals surface area contributed by atoms with Gasteiger partial charge in [-0.1, -0.05) is 23.6 Å². The van der Waals surface area contributed by atoms with Crippen molar-refractivity contribution in [3.8, 4) is 18.1 Å². The van der Waals surface area contributed by atoms with Crippen LogP contribution in [-0.2, 0) is 11.3 Å². The highest BCUT2D eigenvalue weighted by Crippen LogP contribution is 2.21. The molecule has 0 aliphatic rings. The molecule has 0 atom stereocenters. The first kappa shape index (κ1) is 14.1. The number of carboxylic acids is 1. The second-order valence-corrected chi connectivity index (χ2v) is 4.06. The molecule has 4 nitrogen and oxygen atoms in total. The molecule has 0 spiro atoms. The van der Waals surface area contributed by atoms with E-state index in [1.54, 1.807) is 12.0 Å². The molecule has 0 amide bonds. The van der Waals surface area contributed by atoms with Gasteiger partial charge in [-0.2, -0.15) is 0 Å². The number of carbonyl (C=O) groups is 1. The number of hydrogen-bond acceptors (Lipinski definition) is 3. The molecule has 18 heavy (non-hydrogen) atoms. The Labute approximate surface area is 107 Å². The topological polar surface area (TPSA) is 49.8 Å². The number of benzene rings is 1. The van der Waals surface area contributed by atoms with Gasteiger partial charge in [0.1, 0.15) is 5.75 Å². The van der Waals surface area contributed by atoms with E-state index in [2.05, 4.69) is 5.92 Å². The van der Waals surface area contributed by atoms with Gasteiger partial charge in [0.05, 0.1) is 20.2 Å². The molecular weight excluding hydrogens is 230 g/mol. The maximum absolute atomic E-state index is 10.8. The summed E-state index contributed by atoms with van der Waals surface area (Å²) >= 11 is 0. The van der Waals surface area contributed by atoms with Crippen molar-refractivity contribution in [1.29, 1.82) is 0 Å². The first-order chi connectivity index (χ1) is 8.56. The average Bonchev–Trinajstić information content (AvgIpc) is 2.28. The molecule has 0 unspecified atom stereocenters.